The van der Waals surface area contributed by atoms with Gasteiger partial charge in [-0.25, -0.2) is 0 Å². The smallest absolute Gasteiger partial charge is 0.0918 e. The van der Waals surface area contributed by atoms with E-state index in [1.165, 1.54) is 36.8 Å². The molecule has 0 N–H and O–H groups in total. The predicted octanol–water partition coefficient (Wildman–Crippen LogP) is 4.43. The maximum Gasteiger partial charge on any atom is 0.0918 e. The van der Waals surface area contributed by atoms with E-state index in [-0.39, 0.29) is 6.10 Å². The highest BCUT2D eigenvalue weighted by Crippen LogP contribution is 2.29. The summed E-state index contributed by atoms with van der Waals surface area (Å²) in [7, 11) is 0. The van der Waals surface area contributed by atoms with Crippen LogP contribution in [-0.2, 0) is 4.74 Å². The number of hydrogen-bond donors (Lipinski definition) is 0. The normalized spacial score (nSPS) is 18.9. The summed E-state index contributed by atoms with van der Waals surface area (Å²) in [5.41, 5.74) is 2.66. The topological polar surface area (TPSA) is 9.23 Å². The summed E-state index contributed by atoms with van der Waals surface area (Å²) in [6, 6.07) is 8.70. The van der Waals surface area contributed by atoms with E-state index in [0.717, 1.165) is 4.43 Å². The molecule has 2 rings (SSSR count). The fourth-order valence-corrected chi connectivity index (χ4v) is 3.05. The third-order valence-electron chi connectivity index (χ3n) is 3.21. The molecule has 0 spiro atoms. The van der Waals surface area contributed by atoms with Gasteiger partial charge in [0.2, 0.25) is 0 Å². The molecule has 1 aromatic rings. The van der Waals surface area contributed by atoms with Gasteiger partial charge in [0.05, 0.1) is 12.2 Å². The zero-order valence-electron chi connectivity index (χ0n) is 9.79. The second kappa shape index (κ2) is 6.01. The third kappa shape index (κ3) is 3.20. The fourth-order valence-electron chi connectivity index (χ4n) is 2.33. The van der Waals surface area contributed by atoms with E-state index in [0.29, 0.717) is 6.10 Å². The minimum Gasteiger partial charge on any atom is -0.369 e. The Kier molecular flexibility index (Phi) is 4.65. The van der Waals surface area contributed by atoms with Crippen molar-refractivity contribution in [1.29, 1.82) is 0 Å². The molecule has 1 aliphatic carbocycles. The van der Waals surface area contributed by atoms with E-state index < -0.39 is 0 Å². The summed E-state index contributed by atoms with van der Waals surface area (Å²) in [6.45, 7) is 2.14. The first-order valence-corrected chi connectivity index (χ1v) is 7.60. The van der Waals surface area contributed by atoms with E-state index in [4.69, 9.17) is 4.74 Å². The van der Waals surface area contributed by atoms with Crippen molar-refractivity contribution in [3.05, 3.63) is 35.4 Å². The average molecular weight is 330 g/mol. The summed E-state index contributed by atoms with van der Waals surface area (Å²) < 4.78 is 7.23. The van der Waals surface area contributed by atoms with Crippen LogP contribution in [0.25, 0.3) is 0 Å². The maximum absolute atomic E-state index is 6.19. The van der Waals surface area contributed by atoms with Gasteiger partial charge < -0.3 is 4.74 Å². The number of ether oxygens (including phenoxy) is 1. The molecule has 0 heterocycles. The van der Waals surface area contributed by atoms with Crippen LogP contribution in [0.15, 0.2) is 24.3 Å². The number of halogens is 1. The Bertz CT molecular complexity index is 331. The van der Waals surface area contributed by atoms with Crippen LogP contribution in [-0.4, -0.2) is 10.5 Å². The van der Waals surface area contributed by atoms with Crippen molar-refractivity contribution in [2.24, 2.45) is 0 Å². The molecule has 1 saturated carbocycles. The molecule has 0 saturated heterocycles. The van der Waals surface area contributed by atoms with Gasteiger partial charge in [-0.3, -0.25) is 0 Å². The number of hydrogen-bond acceptors (Lipinski definition) is 1. The molecule has 1 atom stereocenters. The van der Waals surface area contributed by atoms with Crippen molar-refractivity contribution in [3.8, 4) is 0 Å². The molecule has 1 aliphatic rings. The first-order chi connectivity index (χ1) is 7.79. The molecule has 1 unspecified atom stereocenters. The fraction of sp³-hybridized carbons (Fsp3) is 0.571. The Hall–Kier alpha value is -0.0900. The van der Waals surface area contributed by atoms with E-state index in [2.05, 4.69) is 53.8 Å². The number of aryl methyl sites for hydroxylation is 1. The number of rotatable bonds is 4. The molecule has 1 aromatic carbocycles. The molecular weight excluding hydrogens is 311 g/mol. The zero-order valence-corrected chi connectivity index (χ0v) is 11.9. The van der Waals surface area contributed by atoms with Gasteiger partial charge in [-0.2, -0.15) is 0 Å². The lowest BCUT2D eigenvalue weighted by atomic mass is 10.1. The second-order valence-corrected chi connectivity index (χ2v) is 5.48. The van der Waals surface area contributed by atoms with Crippen LogP contribution in [0, 0.1) is 6.92 Å². The summed E-state index contributed by atoms with van der Waals surface area (Å²) >= 11 is 2.43. The molecule has 0 aromatic heterocycles. The molecule has 0 amide bonds. The quantitative estimate of drug-likeness (QED) is 0.586. The second-order valence-electron chi connectivity index (χ2n) is 4.60. The van der Waals surface area contributed by atoms with Crippen molar-refractivity contribution in [2.45, 2.75) is 44.8 Å². The Morgan fingerprint density at radius 3 is 2.75 bits per heavy atom. The van der Waals surface area contributed by atoms with Crippen LogP contribution in [0.1, 0.15) is 42.9 Å². The van der Waals surface area contributed by atoms with E-state index in [1.807, 2.05) is 0 Å². The number of benzene rings is 1. The van der Waals surface area contributed by atoms with Crippen molar-refractivity contribution < 1.29 is 4.74 Å². The molecule has 88 valence electrons. The Labute approximate surface area is 112 Å². The molecule has 0 bridgehead atoms. The van der Waals surface area contributed by atoms with Crippen molar-refractivity contribution in [3.63, 3.8) is 0 Å². The highest BCUT2D eigenvalue weighted by atomic mass is 127. The van der Waals surface area contributed by atoms with Gasteiger partial charge in [0.25, 0.3) is 0 Å². The maximum atomic E-state index is 6.19. The van der Waals surface area contributed by atoms with Crippen LogP contribution in [0.3, 0.4) is 0 Å². The van der Waals surface area contributed by atoms with Gasteiger partial charge in [0.15, 0.2) is 0 Å². The minimum absolute atomic E-state index is 0.281. The lowest BCUT2D eigenvalue weighted by molar-refractivity contribution is 0.00523. The third-order valence-corrected chi connectivity index (χ3v) is 4.01. The lowest BCUT2D eigenvalue weighted by Crippen LogP contribution is -2.14. The summed E-state index contributed by atoms with van der Waals surface area (Å²) in [6.07, 6.45) is 5.96. The van der Waals surface area contributed by atoms with Gasteiger partial charge in [-0.15, -0.1) is 0 Å². The largest absolute Gasteiger partial charge is 0.369 e. The lowest BCUT2D eigenvalue weighted by Gasteiger charge is -2.21. The Morgan fingerprint density at radius 1 is 1.38 bits per heavy atom. The van der Waals surface area contributed by atoms with Crippen LogP contribution in [0.4, 0.5) is 0 Å². The van der Waals surface area contributed by atoms with Crippen molar-refractivity contribution in [1.82, 2.24) is 0 Å². The van der Waals surface area contributed by atoms with Crippen LogP contribution >= 0.6 is 22.6 Å². The van der Waals surface area contributed by atoms with Crippen LogP contribution in [0.5, 0.6) is 0 Å². The van der Waals surface area contributed by atoms with Crippen molar-refractivity contribution in [2.75, 3.05) is 4.43 Å². The molecule has 1 nitrogen and oxygen atoms in total. The van der Waals surface area contributed by atoms with E-state index in [9.17, 15) is 0 Å². The zero-order chi connectivity index (χ0) is 11.4. The molecule has 0 radical (unpaired) electrons. The van der Waals surface area contributed by atoms with Crippen molar-refractivity contribution >= 4 is 22.6 Å². The highest BCUT2D eigenvalue weighted by molar-refractivity contribution is 14.1. The monoisotopic (exact) mass is 330 g/mol. The van der Waals surface area contributed by atoms with Gasteiger partial charge in [-0.1, -0.05) is 65.3 Å². The van der Waals surface area contributed by atoms with E-state index in [1.54, 1.807) is 0 Å². The van der Waals surface area contributed by atoms with Gasteiger partial charge in [-0.05, 0) is 25.3 Å². The minimum atomic E-state index is 0.281. The van der Waals surface area contributed by atoms with Gasteiger partial charge in [0, 0.05) is 4.43 Å². The Morgan fingerprint density at radius 2 is 2.12 bits per heavy atom. The number of alkyl halides is 1. The standard InChI is InChI=1S/C14H19IO/c1-11-5-4-6-12(9-11)14(10-15)16-13-7-2-3-8-13/h4-6,9,13-14H,2-3,7-8,10H2,1H3. The molecule has 2 heteroatoms. The predicted molar refractivity (Wildman–Crippen MR) is 76.1 cm³/mol. The first kappa shape index (κ1) is 12.4. The van der Waals surface area contributed by atoms with Gasteiger partial charge in [0.1, 0.15) is 0 Å². The highest BCUT2D eigenvalue weighted by Gasteiger charge is 2.20. The molecule has 0 aliphatic heterocycles. The van der Waals surface area contributed by atoms with Gasteiger partial charge >= 0.3 is 0 Å². The SMILES string of the molecule is Cc1cccc(C(CI)OC2CCCC2)c1. The average Bonchev–Trinajstić information content (AvgIpc) is 2.78. The van der Waals surface area contributed by atoms with E-state index >= 15 is 0 Å². The first-order valence-electron chi connectivity index (χ1n) is 6.07. The summed E-state index contributed by atoms with van der Waals surface area (Å²) in [4.78, 5) is 0. The summed E-state index contributed by atoms with van der Waals surface area (Å²) in [5.74, 6) is 0. The summed E-state index contributed by atoms with van der Waals surface area (Å²) in [5, 5.41) is 0. The molecule has 1 fully saturated rings. The van der Waals surface area contributed by atoms with Crippen LogP contribution in [0.2, 0.25) is 0 Å². The molecule has 16 heavy (non-hydrogen) atoms. The van der Waals surface area contributed by atoms with Crippen LogP contribution < -0.4 is 0 Å². The Balaban J connectivity index is 2.03. The molecular formula is C14H19IO.